The minimum Gasteiger partial charge on any atom is -0.311 e. The number of nitrogens with zero attached hydrogens (tertiary/aromatic N) is 7. The lowest BCUT2D eigenvalue weighted by Gasteiger charge is -2.23. The molecule has 0 unspecified atom stereocenters. The summed E-state index contributed by atoms with van der Waals surface area (Å²) in [5, 5.41) is 0. The van der Waals surface area contributed by atoms with Gasteiger partial charge in [-0.2, -0.15) is 0 Å². The van der Waals surface area contributed by atoms with E-state index in [0.717, 1.165) is 11.3 Å². The van der Waals surface area contributed by atoms with Gasteiger partial charge < -0.3 is 34.3 Å². The first-order valence-electron chi connectivity index (χ1n) is 31.4. The topological polar surface area (TPSA) is 188 Å². The van der Waals surface area contributed by atoms with Crippen molar-refractivity contribution in [3.63, 3.8) is 0 Å². The Morgan fingerprint density at radius 1 is 0.253 bits per heavy atom. The third-order valence-corrected chi connectivity index (χ3v) is 17.6. The van der Waals surface area contributed by atoms with Crippen molar-refractivity contribution in [1.82, 2.24) is 0 Å². The number of nitrogens with one attached hydrogen (secondary N) is 1. The molecule has 0 heterocycles. The molecule has 1 N–H and O–H groups in total. The van der Waals surface area contributed by atoms with E-state index >= 15 is 0 Å². The fourth-order valence-electron chi connectivity index (χ4n) is 10.4. The Morgan fingerprint density at radius 2 is 0.535 bits per heavy atom. The number of sulfonamides is 1. The number of carbonyl (C=O) groups excluding carboxylic acids is 7. The van der Waals surface area contributed by atoms with E-state index in [1.807, 2.05) is 195 Å². The summed E-state index contributed by atoms with van der Waals surface area (Å²) < 4.78 is 27.7. The van der Waals surface area contributed by atoms with Crippen LogP contribution in [0.4, 0.5) is 45.5 Å². The highest BCUT2D eigenvalue weighted by atomic mass is 32.2. The number of hydrogen-bond donors (Lipinski definition) is 1. The second kappa shape index (κ2) is 32.7. The first-order chi connectivity index (χ1) is 47.6. The largest absolute Gasteiger partial charge is 0.311 e. The predicted octanol–water partition coefficient (Wildman–Crippen LogP) is 15.1. The van der Waals surface area contributed by atoms with Crippen molar-refractivity contribution in [1.29, 1.82) is 0 Å². The van der Waals surface area contributed by atoms with E-state index < -0.39 is 10.0 Å². The molecule has 498 valence electrons. The van der Waals surface area contributed by atoms with E-state index in [2.05, 4.69) is 4.72 Å². The molecule has 11 aromatic carbocycles. The number of carbonyl (C=O) groups is 7. The highest BCUT2D eigenvalue weighted by Crippen LogP contribution is 2.28. The monoisotopic (exact) mass is 1330 g/mol. The zero-order valence-corrected chi connectivity index (χ0v) is 56.8. The van der Waals surface area contributed by atoms with Crippen LogP contribution in [0.1, 0.15) is 78.1 Å². The fraction of sp³-hybridized carbons (Fsp3) is 0.0988. The maximum Gasteiger partial charge on any atom is 0.261 e. The van der Waals surface area contributed by atoms with Gasteiger partial charge in [0.2, 0.25) is 0 Å². The molecule has 99 heavy (non-hydrogen) atoms. The fourth-order valence-corrected chi connectivity index (χ4v) is 11.4. The van der Waals surface area contributed by atoms with Crippen molar-refractivity contribution in [2.45, 2.75) is 11.8 Å². The van der Waals surface area contributed by atoms with Gasteiger partial charge in [-0.05, 0) is 159 Å². The molecule has 0 bridgehead atoms. The summed E-state index contributed by atoms with van der Waals surface area (Å²) in [6.07, 6.45) is 0. The minimum absolute atomic E-state index is 0.154. The van der Waals surface area contributed by atoms with Gasteiger partial charge in [-0.3, -0.25) is 38.3 Å². The Morgan fingerprint density at radius 3 is 0.889 bits per heavy atom. The van der Waals surface area contributed by atoms with Gasteiger partial charge in [0.15, 0.2) is 0 Å². The van der Waals surface area contributed by atoms with Crippen LogP contribution in [0.3, 0.4) is 0 Å². The van der Waals surface area contributed by atoms with E-state index in [-0.39, 0.29) is 74.1 Å². The first-order valence-corrected chi connectivity index (χ1v) is 32.9. The summed E-state index contributed by atoms with van der Waals surface area (Å²) in [7, 11) is 7.95. The van der Waals surface area contributed by atoms with Crippen LogP contribution in [0, 0.1) is 6.92 Å². The number of para-hydroxylation sites is 6. The van der Waals surface area contributed by atoms with Gasteiger partial charge >= 0.3 is 0 Å². The molecule has 0 spiro atoms. The summed E-state index contributed by atoms with van der Waals surface area (Å²) in [6.45, 7) is 1.90. The molecule has 0 saturated heterocycles. The first kappa shape index (κ1) is 70.8. The lowest BCUT2D eigenvalue weighted by Crippen LogP contribution is -2.33. The molecule has 0 atom stereocenters. The summed E-state index contributed by atoms with van der Waals surface area (Å²) in [6, 6.07) is 86.8. The zero-order valence-electron chi connectivity index (χ0n) is 56.0. The van der Waals surface area contributed by atoms with E-state index in [0.29, 0.717) is 50.9 Å². The van der Waals surface area contributed by atoms with Gasteiger partial charge in [0, 0.05) is 117 Å². The molecule has 0 saturated carbocycles. The van der Waals surface area contributed by atoms with E-state index in [1.165, 1.54) is 40.4 Å². The Labute approximate surface area is 577 Å². The quantitative estimate of drug-likeness (QED) is 0.0925. The van der Waals surface area contributed by atoms with Crippen LogP contribution in [-0.4, -0.2) is 99.1 Å². The summed E-state index contributed by atoms with van der Waals surface area (Å²) in [5.74, 6) is -2.16. The molecule has 18 heteroatoms. The lowest BCUT2D eigenvalue weighted by molar-refractivity contribution is 0.0958. The van der Waals surface area contributed by atoms with Crippen molar-refractivity contribution >= 4 is 96.9 Å². The standard InChI is InChI=1S/2C30H27N3O3.C21H20N2O3S/c1-31(25-13-7-4-8-14-25)28(34)22-19-23(29(35)32(2)26-15-9-5-10-16-26)21-24(20-22)30(36)33(3)27-17-11-6-12-18-27;1-31(23-13-7-4-8-14-23)28(34)22-19-20-26(29(35)32(2)24-15-9-5-10-16-24)27(21-22)30(36)33(3)25-17-11-6-12-18-25;1-16-11-13-20(14-12-16)27(25,26)22-18-9-6-10-19(15-18)23(2)21(24)17-7-4-3-5-8-17/h2*4-21H,1-3H3;3-15,22H,1-2H3. The van der Waals surface area contributed by atoms with Crippen molar-refractivity contribution in [3.05, 3.63) is 342 Å². The van der Waals surface area contributed by atoms with Crippen LogP contribution in [0.15, 0.2) is 302 Å². The Kier molecular flexibility index (Phi) is 23.4. The Hall–Kier alpha value is -12.5. The van der Waals surface area contributed by atoms with E-state index in [9.17, 15) is 42.0 Å². The third-order valence-electron chi connectivity index (χ3n) is 16.2. The zero-order chi connectivity index (χ0) is 70.8. The molecule has 0 aliphatic rings. The normalized spacial score (nSPS) is 10.6. The molecule has 11 aromatic rings. The summed E-state index contributed by atoms with van der Waals surface area (Å²) >= 11 is 0. The molecule has 17 nitrogen and oxygen atoms in total. The van der Waals surface area contributed by atoms with Crippen LogP contribution >= 0.6 is 0 Å². The molecule has 0 aliphatic heterocycles. The lowest BCUT2D eigenvalue weighted by atomic mass is 10.00. The van der Waals surface area contributed by atoms with Crippen molar-refractivity contribution in [2.24, 2.45) is 0 Å². The second-order valence-electron chi connectivity index (χ2n) is 23.0. The maximum atomic E-state index is 13.7. The molecular formula is C81H74N8O9S. The smallest absolute Gasteiger partial charge is 0.261 e. The van der Waals surface area contributed by atoms with Crippen LogP contribution in [0.2, 0.25) is 0 Å². The van der Waals surface area contributed by atoms with Crippen molar-refractivity contribution in [2.75, 3.05) is 88.4 Å². The minimum atomic E-state index is -3.70. The molecule has 7 amide bonds. The van der Waals surface area contributed by atoms with Crippen LogP contribution in [0.5, 0.6) is 0 Å². The Balaban J connectivity index is 0.000000176. The molecule has 0 aliphatic carbocycles. The maximum absolute atomic E-state index is 13.7. The highest BCUT2D eigenvalue weighted by molar-refractivity contribution is 7.92. The summed E-state index contributed by atoms with van der Waals surface area (Å²) in [4.78, 5) is 104. The number of rotatable bonds is 17. The second-order valence-corrected chi connectivity index (χ2v) is 24.6. The number of anilines is 8. The number of hydrogen-bond acceptors (Lipinski definition) is 9. The van der Waals surface area contributed by atoms with Gasteiger partial charge in [0.05, 0.1) is 21.7 Å². The predicted molar refractivity (Wildman–Crippen MR) is 396 cm³/mol. The third kappa shape index (κ3) is 17.7. The average Bonchev–Trinajstić information content (AvgIpc) is 0.812. The number of benzene rings is 11. The molecular weight excluding hydrogens is 1260 g/mol. The van der Waals surface area contributed by atoms with Crippen molar-refractivity contribution in [3.8, 4) is 0 Å². The van der Waals surface area contributed by atoms with Crippen molar-refractivity contribution < 1.29 is 42.0 Å². The Bertz CT molecular complexity index is 4570. The number of aryl methyl sites for hydroxylation is 1. The molecule has 0 radical (unpaired) electrons. The molecule has 11 rings (SSSR count). The van der Waals surface area contributed by atoms with Crippen LogP contribution < -0.4 is 39.0 Å². The van der Waals surface area contributed by atoms with Gasteiger partial charge in [0.25, 0.3) is 51.4 Å². The number of amides is 7. The van der Waals surface area contributed by atoms with Gasteiger partial charge in [-0.15, -0.1) is 0 Å². The van der Waals surface area contributed by atoms with Gasteiger partial charge in [-0.25, -0.2) is 8.42 Å². The van der Waals surface area contributed by atoms with Gasteiger partial charge in [0.1, 0.15) is 0 Å². The van der Waals surface area contributed by atoms with E-state index in [4.69, 9.17) is 0 Å². The average molecular weight is 1340 g/mol. The van der Waals surface area contributed by atoms with E-state index in [1.54, 1.807) is 152 Å². The van der Waals surface area contributed by atoms with Crippen LogP contribution in [-0.2, 0) is 10.0 Å². The van der Waals surface area contributed by atoms with Gasteiger partial charge in [-0.1, -0.05) is 151 Å². The SMILES string of the molecule is CN(C(=O)c1cc(C(=O)N(C)c2ccccc2)cc(C(=O)N(C)c2ccccc2)c1)c1ccccc1.CN(C(=O)c1ccc(C(=O)N(C)c2ccccc2)c(C(=O)N(C)c2ccccc2)c1)c1ccccc1.Cc1ccc(S(=O)(=O)Nc2cccc(N(C)C(=O)c3ccccc3)c2)cc1. The summed E-state index contributed by atoms with van der Waals surface area (Å²) in [5.41, 5.74) is 8.16. The molecule has 0 aromatic heterocycles. The molecule has 0 fully saturated rings. The highest BCUT2D eigenvalue weighted by Gasteiger charge is 2.28. The van der Waals surface area contributed by atoms with Crippen LogP contribution in [0.25, 0.3) is 0 Å².